The maximum Gasteiger partial charge on any atom is 0.309 e. The van der Waals surface area contributed by atoms with Crippen molar-refractivity contribution in [1.29, 1.82) is 0 Å². The molecule has 0 unspecified atom stereocenters. The molecule has 16 heavy (non-hydrogen) atoms. The van der Waals surface area contributed by atoms with Gasteiger partial charge in [-0.25, -0.2) is 4.98 Å². The lowest BCUT2D eigenvalue weighted by atomic mass is 10.1. The Hall–Kier alpha value is -1.88. The Bertz CT molecular complexity index is 508. The fourth-order valence-corrected chi connectivity index (χ4v) is 2.30. The summed E-state index contributed by atoms with van der Waals surface area (Å²) in [5.74, 6) is -0.900. The van der Waals surface area contributed by atoms with Crippen molar-refractivity contribution in [3.8, 4) is 10.4 Å². The number of anilines is 1. The molecule has 0 saturated heterocycles. The highest BCUT2D eigenvalue weighted by Gasteiger charge is 2.13. The normalized spacial score (nSPS) is 10.2. The number of thiazole rings is 1. The Morgan fingerprint density at radius 2 is 2.06 bits per heavy atom. The zero-order chi connectivity index (χ0) is 11.5. The second-order valence-electron chi connectivity index (χ2n) is 3.26. The molecule has 0 radical (unpaired) electrons. The van der Waals surface area contributed by atoms with Gasteiger partial charge >= 0.3 is 5.97 Å². The summed E-state index contributed by atoms with van der Waals surface area (Å²) in [6.07, 6.45) is -0.0993. The van der Waals surface area contributed by atoms with E-state index in [-0.39, 0.29) is 6.42 Å². The number of carboxylic acids is 1. The first-order valence-corrected chi connectivity index (χ1v) is 5.51. The molecule has 0 spiro atoms. The lowest BCUT2D eigenvalue weighted by Crippen LogP contribution is -2.01. The van der Waals surface area contributed by atoms with Crippen LogP contribution < -0.4 is 5.73 Å². The number of carbonyl (C=O) groups is 1. The molecule has 1 aromatic carbocycles. The summed E-state index contributed by atoms with van der Waals surface area (Å²) in [5, 5.41) is 9.17. The van der Waals surface area contributed by atoms with Crippen LogP contribution in [0.4, 0.5) is 5.13 Å². The number of aromatic nitrogens is 1. The first kappa shape index (κ1) is 10.6. The monoisotopic (exact) mass is 234 g/mol. The summed E-state index contributed by atoms with van der Waals surface area (Å²) < 4.78 is 0. The average molecular weight is 234 g/mol. The molecule has 0 bridgehead atoms. The van der Waals surface area contributed by atoms with Gasteiger partial charge in [0.15, 0.2) is 5.13 Å². The van der Waals surface area contributed by atoms with Crippen molar-refractivity contribution in [2.75, 3.05) is 5.73 Å². The van der Waals surface area contributed by atoms with Crippen molar-refractivity contribution < 1.29 is 9.90 Å². The lowest BCUT2D eigenvalue weighted by molar-refractivity contribution is -0.136. The summed E-state index contributed by atoms with van der Waals surface area (Å²) in [6, 6.07) is 9.53. The van der Waals surface area contributed by atoms with E-state index < -0.39 is 5.97 Å². The summed E-state index contributed by atoms with van der Waals surface area (Å²) in [5.41, 5.74) is 7.09. The van der Waals surface area contributed by atoms with Gasteiger partial charge in [-0.1, -0.05) is 41.7 Å². The van der Waals surface area contributed by atoms with Gasteiger partial charge in [-0.05, 0) is 5.56 Å². The third-order valence-electron chi connectivity index (χ3n) is 2.07. The molecule has 2 rings (SSSR count). The van der Waals surface area contributed by atoms with Crippen molar-refractivity contribution in [3.05, 3.63) is 36.0 Å². The average Bonchev–Trinajstić information content (AvgIpc) is 2.60. The second kappa shape index (κ2) is 4.32. The van der Waals surface area contributed by atoms with Gasteiger partial charge in [0.2, 0.25) is 0 Å². The van der Waals surface area contributed by atoms with Gasteiger partial charge in [0.25, 0.3) is 0 Å². The fourth-order valence-electron chi connectivity index (χ4n) is 1.45. The van der Waals surface area contributed by atoms with Crippen LogP contribution >= 0.6 is 11.3 Å². The zero-order valence-corrected chi connectivity index (χ0v) is 9.20. The van der Waals surface area contributed by atoms with Crippen LogP contribution in [0.25, 0.3) is 10.4 Å². The molecular formula is C11H10N2O2S. The predicted octanol–water partition coefficient (Wildman–Crippen LogP) is 2.02. The fraction of sp³-hybridized carbons (Fsp3) is 0.0909. The van der Waals surface area contributed by atoms with Gasteiger partial charge in [0.05, 0.1) is 17.0 Å². The first-order valence-electron chi connectivity index (χ1n) is 4.69. The Morgan fingerprint density at radius 3 is 2.69 bits per heavy atom. The number of benzene rings is 1. The Kier molecular flexibility index (Phi) is 2.87. The quantitative estimate of drug-likeness (QED) is 0.851. The van der Waals surface area contributed by atoms with E-state index in [9.17, 15) is 4.79 Å². The van der Waals surface area contributed by atoms with Gasteiger partial charge in [-0.3, -0.25) is 4.79 Å². The topological polar surface area (TPSA) is 76.2 Å². The Balaban J connectivity index is 2.44. The molecule has 3 N–H and O–H groups in total. The molecule has 0 saturated carbocycles. The first-order chi connectivity index (χ1) is 7.66. The molecule has 2 aromatic rings. The van der Waals surface area contributed by atoms with Crippen molar-refractivity contribution >= 4 is 22.4 Å². The van der Waals surface area contributed by atoms with E-state index in [4.69, 9.17) is 10.8 Å². The molecule has 0 aliphatic heterocycles. The van der Waals surface area contributed by atoms with Gasteiger partial charge in [0.1, 0.15) is 0 Å². The van der Waals surface area contributed by atoms with Crippen LogP contribution in [0, 0.1) is 0 Å². The minimum atomic E-state index is -0.900. The molecule has 1 heterocycles. The number of rotatable bonds is 3. The van der Waals surface area contributed by atoms with E-state index in [1.807, 2.05) is 30.3 Å². The van der Waals surface area contributed by atoms with E-state index in [0.717, 1.165) is 10.4 Å². The molecule has 4 nitrogen and oxygen atoms in total. The number of hydrogen-bond donors (Lipinski definition) is 2. The largest absolute Gasteiger partial charge is 0.481 e. The van der Waals surface area contributed by atoms with Crippen LogP contribution in [0.3, 0.4) is 0 Å². The van der Waals surface area contributed by atoms with Crippen molar-refractivity contribution in [1.82, 2.24) is 4.98 Å². The van der Waals surface area contributed by atoms with E-state index in [0.29, 0.717) is 10.8 Å². The maximum atomic E-state index is 10.7. The SMILES string of the molecule is Nc1nc(CC(=O)O)c(-c2ccccc2)s1. The number of nitrogen functional groups attached to an aromatic ring is 1. The van der Waals surface area contributed by atoms with E-state index >= 15 is 0 Å². The zero-order valence-electron chi connectivity index (χ0n) is 8.38. The van der Waals surface area contributed by atoms with Gasteiger partial charge in [0, 0.05) is 0 Å². The van der Waals surface area contributed by atoms with Crippen molar-refractivity contribution in [3.63, 3.8) is 0 Å². The second-order valence-corrected chi connectivity index (χ2v) is 4.30. The Morgan fingerprint density at radius 1 is 1.38 bits per heavy atom. The maximum absolute atomic E-state index is 10.7. The van der Waals surface area contributed by atoms with E-state index in [1.54, 1.807) is 0 Å². The number of nitrogens with zero attached hydrogens (tertiary/aromatic N) is 1. The van der Waals surface area contributed by atoms with Gasteiger partial charge in [-0.2, -0.15) is 0 Å². The number of nitrogens with two attached hydrogens (primary N) is 1. The third kappa shape index (κ3) is 2.20. The van der Waals surface area contributed by atoms with Crippen molar-refractivity contribution in [2.24, 2.45) is 0 Å². The molecule has 0 aliphatic carbocycles. The molecule has 82 valence electrons. The van der Waals surface area contributed by atoms with E-state index in [1.165, 1.54) is 11.3 Å². The van der Waals surface area contributed by atoms with Crippen LogP contribution in [0.15, 0.2) is 30.3 Å². The number of carboxylic acid groups (broad SMARTS) is 1. The van der Waals surface area contributed by atoms with Gasteiger partial charge < -0.3 is 10.8 Å². The summed E-state index contributed by atoms with van der Waals surface area (Å²) in [7, 11) is 0. The highest BCUT2D eigenvalue weighted by Crippen LogP contribution is 2.31. The molecule has 5 heteroatoms. The van der Waals surface area contributed by atoms with Crippen LogP contribution in [0.2, 0.25) is 0 Å². The minimum Gasteiger partial charge on any atom is -0.481 e. The minimum absolute atomic E-state index is 0.0993. The van der Waals surface area contributed by atoms with Crippen LogP contribution in [-0.2, 0) is 11.2 Å². The summed E-state index contributed by atoms with van der Waals surface area (Å²) in [6.45, 7) is 0. The molecular weight excluding hydrogens is 224 g/mol. The number of aliphatic carboxylic acids is 1. The smallest absolute Gasteiger partial charge is 0.309 e. The molecule has 0 fully saturated rings. The number of hydrogen-bond acceptors (Lipinski definition) is 4. The molecule has 0 amide bonds. The van der Waals surface area contributed by atoms with E-state index in [2.05, 4.69) is 4.98 Å². The Labute approximate surface area is 96.4 Å². The highest BCUT2D eigenvalue weighted by atomic mass is 32.1. The molecule has 0 aliphatic rings. The third-order valence-corrected chi connectivity index (χ3v) is 3.04. The highest BCUT2D eigenvalue weighted by molar-refractivity contribution is 7.18. The summed E-state index contributed by atoms with van der Waals surface area (Å²) >= 11 is 1.31. The predicted molar refractivity (Wildman–Crippen MR) is 63.3 cm³/mol. The molecule has 1 aromatic heterocycles. The standard InChI is InChI=1S/C11H10N2O2S/c12-11-13-8(6-9(14)15)10(16-11)7-4-2-1-3-5-7/h1-5H,6H2,(H2,12,13)(H,14,15). The van der Waals surface area contributed by atoms with Gasteiger partial charge in [-0.15, -0.1) is 0 Å². The summed E-state index contributed by atoms with van der Waals surface area (Å²) in [4.78, 5) is 15.6. The van der Waals surface area contributed by atoms with Crippen LogP contribution in [0.5, 0.6) is 0 Å². The van der Waals surface area contributed by atoms with Crippen LogP contribution in [-0.4, -0.2) is 16.1 Å². The van der Waals surface area contributed by atoms with Crippen LogP contribution in [0.1, 0.15) is 5.69 Å². The van der Waals surface area contributed by atoms with Crippen molar-refractivity contribution in [2.45, 2.75) is 6.42 Å². The molecule has 0 atom stereocenters. The lowest BCUT2D eigenvalue weighted by Gasteiger charge is -1.99.